The molecule has 0 unspecified atom stereocenters. The molecule has 0 aliphatic carbocycles. The first-order valence-corrected chi connectivity index (χ1v) is 8.72. The second-order valence-corrected chi connectivity index (χ2v) is 6.36. The van der Waals surface area contributed by atoms with E-state index in [0.29, 0.717) is 18.6 Å². The number of alkyl halides is 9. The molecule has 10 heteroatoms. The summed E-state index contributed by atoms with van der Waals surface area (Å²) in [4.78, 5) is 0. The third-order valence-electron chi connectivity index (χ3n) is 4.13. The van der Waals surface area contributed by atoms with E-state index in [1.807, 2.05) is 0 Å². The largest absolute Gasteiger partial charge is 0.494 e. The molecule has 0 aliphatic rings. The van der Waals surface area contributed by atoms with E-state index < -0.39 is 29.5 Å². The average molecular weight is 424 g/mol. The first-order chi connectivity index (χ1) is 12.8. The zero-order chi connectivity index (χ0) is 21.6. The van der Waals surface area contributed by atoms with Gasteiger partial charge in [0, 0.05) is 5.56 Å². The maximum atomic E-state index is 13.8. The Morgan fingerprint density at radius 3 is 1.68 bits per heavy atom. The predicted molar refractivity (Wildman–Crippen MR) is 85.2 cm³/mol. The second kappa shape index (κ2) is 9.26. The highest BCUT2D eigenvalue weighted by atomic mass is 19.4. The van der Waals surface area contributed by atoms with Crippen LogP contribution in [0.25, 0.3) is 0 Å². The maximum absolute atomic E-state index is 13.8. The quantitative estimate of drug-likeness (QED) is 0.267. The van der Waals surface area contributed by atoms with Crippen LogP contribution in [-0.4, -0.2) is 24.6 Å². The lowest BCUT2D eigenvalue weighted by Crippen LogP contribution is -2.59. The summed E-state index contributed by atoms with van der Waals surface area (Å²) in [5.74, 6) is -19.3. The van der Waals surface area contributed by atoms with Gasteiger partial charge in [0.05, 0.1) is 6.61 Å². The number of halogens is 9. The Morgan fingerprint density at radius 1 is 0.679 bits per heavy atom. The minimum Gasteiger partial charge on any atom is -0.494 e. The molecule has 162 valence electrons. The predicted octanol–water partition coefficient (Wildman–Crippen LogP) is 7.35. The van der Waals surface area contributed by atoms with Gasteiger partial charge in [0.25, 0.3) is 0 Å². The van der Waals surface area contributed by atoms with Crippen LogP contribution in [0, 0.1) is 0 Å². The summed E-state index contributed by atoms with van der Waals surface area (Å²) in [6.07, 6.45) is -1.05. The third kappa shape index (κ3) is 5.26. The van der Waals surface area contributed by atoms with Gasteiger partial charge in [-0.1, -0.05) is 39.0 Å². The molecule has 28 heavy (non-hydrogen) atoms. The summed E-state index contributed by atoms with van der Waals surface area (Å²) in [5, 5.41) is 0. The molecule has 0 heterocycles. The Morgan fingerprint density at radius 2 is 1.18 bits per heavy atom. The fourth-order valence-electron chi connectivity index (χ4n) is 2.39. The van der Waals surface area contributed by atoms with Gasteiger partial charge >= 0.3 is 23.9 Å². The van der Waals surface area contributed by atoms with Gasteiger partial charge in [-0.05, 0) is 30.7 Å². The number of hydrogen-bond acceptors (Lipinski definition) is 1. The van der Waals surface area contributed by atoms with Gasteiger partial charge in [-0.25, -0.2) is 0 Å². The molecule has 1 nitrogen and oxygen atoms in total. The number of hydrogen-bond donors (Lipinski definition) is 0. The minimum absolute atomic E-state index is 0.0130. The van der Waals surface area contributed by atoms with Gasteiger partial charge in [0.15, 0.2) is 0 Å². The highest BCUT2D eigenvalue weighted by Crippen LogP contribution is 2.56. The van der Waals surface area contributed by atoms with Crippen molar-refractivity contribution in [1.82, 2.24) is 0 Å². The smallest absolute Gasteiger partial charge is 0.460 e. The normalized spacial score (nSPS) is 13.6. The summed E-state index contributed by atoms with van der Waals surface area (Å²) >= 11 is 0. The molecular weight excluding hydrogens is 403 g/mol. The summed E-state index contributed by atoms with van der Waals surface area (Å²) in [5.41, 5.74) is -1.67. The van der Waals surface area contributed by atoms with E-state index in [2.05, 4.69) is 6.92 Å². The fourth-order valence-corrected chi connectivity index (χ4v) is 2.39. The van der Waals surface area contributed by atoms with E-state index in [1.54, 1.807) is 0 Å². The molecule has 0 saturated carbocycles. The van der Waals surface area contributed by atoms with E-state index in [0.717, 1.165) is 44.2 Å². The van der Waals surface area contributed by atoms with E-state index in [9.17, 15) is 39.5 Å². The topological polar surface area (TPSA) is 9.23 Å². The average Bonchev–Trinajstić information content (AvgIpc) is 2.60. The van der Waals surface area contributed by atoms with Crippen molar-refractivity contribution in [3.63, 3.8) is 0 Å². The van der Waals surface area contributed by atoms with Crippen LogP contribution in [0.1, 0.15) is 51.0 Å². The molecule has 0 saturated heterocycles. The first kappa shape index (κ1) is 24.4. The summed E-state index contributed by atoms with van der Waals surface area (Å²) in [6, 6.07) is 2.33. The first-order valence-electron chi connectivity index (χ1n) is 8.72. The highest BCUT2D eigenvalue weighted by Gasteiger charge is 2.81. The summed E-state index contributed by atoms with van der Waals surface area (Å²) < 4.78 is 122. The van der Waals surface area contributed by atoms with E-state index in [4.69, 9.17) is 4.74 Å². The summed E-state index contributed by atoms with van der Waals surface area (Å²) in [7, 11) is 0. The molecule has 0 radical (unpaired) electrons. The molecule has 0 bridgehead atoms. The second-order valence-electron chi connectivity index (χ2n) is 6.36. The van der Waals surface area contributed by atoms with Gasteiger partial charge in [0.2, 0.25) is 0 Å². The minimum atomic E-state index is -6.91. The molecule has 0 aliphatic heterocycles. The molecule has 0 spiro atoms. The van der Waals surface area contributed by atoms with Crippen LogP contribution in [0.3, 0.4) is 0 Å². The molecule has 1 aromatic rings. The van der Waals surface area contributed by atoms with Crippen LogP contribution in [0.15, 0.2) is 24.3 Å². The monoisotopic (exact) mass is 424 g/mol. The number of unbranched alkanes of at least 4 members (excludes halogenated alkanes) is 5. The molecule has 0 amide bonds. The van der Waals surface area contributed by atoms with E-state index in [1.165, 1.54) is 0 Å². The van der Waals surface area contributed by atoms with Crippen molar-refractivity contribution in [1.29, 1.82) is 0 Å². The van der Waals surface area contributed by atoms with Crippen molar-refractivity contribution in [2.45, 2.75) is 69.4 Å². The van der Waals surface area contributed by atoms with Gasteiger partial charge < -0.3 is 4.74 Å². The van der Waals surface area contributed by atoms with Crippen molar-refractivity contribution in [2.75, 3.05) is 6.61 Å². The molecular formula is C18H21F9O. The van der Waals surface area contributed by atoms with Gasteiger partial charge in [0.1, 0.15) is 5.75 Å². The van der Waals surface area contributed by atoms with Crippen LogP contribution in [-0.2, 0) is 5.92 Å². The van der Waals surface area contributed by atoms with Crippen LogP contribution in [0.4, 0.5) is 39.5 Å². The zero-order valence-corrected chi connectivity index (χ0v) is 15.1. The zero-order valence-electron chi connectivity index (χ0n) is 15.1. The van der Waals surface area contributed by atoms with E-state index in [-0.39, 0.29) is 12.4 Å². The maximum Gasteiger partial charge on any atom is 0.460 e. The van der Waals surface area contributed by atoms with Crippen molar-refractivity contribution < 1.29 is 44.3 Å². The number of ether oxygens (including phenoxy) is 1. The van der Waals surface area contributed by atoms with Crippen molar-refractivity contribution in [3.8, 4) is 5.75 Å². The number of benzene rings is 1. The Balaban J connectivity index is 2.75. The number of rotatable bonds is 11. The van der Waals surface area contributed by atoms with Gasteiger partial charge in [-0.15, -0.1) is 0 Å². The third-order valence-corrected chi connectivity index (χ3v) is 4.13. The standard InChI is InChI=1S/C18H21F9O/c1-2-3-4-5-6-7-12-28-14-10-8-13(9-11-14)15(19,20)16(21,22)17(23,24)18(25,26)27/h8-11H,2-7,12H2,1H3. The van der Waals surface area contributed by atoms with Crippen molar-refractivity contribution in [2.24, 2.45) is 0 Å². The van der Waals surface area contributed by atoms with Crippen LogP contribution in [0.2, 0.25) is 0 Å². The highest BCUT2D eigenvalue weighted by molar-refractivity contribution is 5.32. The lowest BCUT2D eigenvalue weighted by atomic mass is 9.97. The van der Waals surface area contributed by atoms with Crippen LogP contribution < -0.4 is 4.74 Å². The van der Waals surface area contributed by atoms with Gasteiger partial charge in [-0.2, -0.15) is 39.5 Å². The fraction of sp³-hybridized carbons (Fsp3) is 0.667. The molecule has 0 N–H and O–H groups in total. The van der Waals surface area contributed by atoms with Crippen molar-refractivity contribution in [3.05, 3.63) is 29.8 Å². The summed E-state index contributed by atoms with van der Waals surface area (Å²) in [6.45, 7) is 2.29. The molecule has 0 aromatic heterocycles. The Hall–Kier alpha value is -1.61. The van der Waals surface area contributed by atoms with Crippen LogP contribution >= 0.6 is 0 Å². The Bertz CT molecular complexity index is 594. The Kier molecular flexibility index (Phi) is 8.08. The lowest BCUT2D eigenvalue weighted by molar-refractivity contribution is -0.399. The van der Waals surface area contributed by atoms with Crippen molar-refractivity contribution >= 4 is 0 Å². The SMILES string of the molecule is CCCCCCCCOc1ccc(C(F)(F)C(F)(F)C(F)(F)C(F)(F)F)cc1. The van der Waals surface area contributed by atoms with E-state index >= 15 is 0 Å². The molecule has 0 fully saturated rings. The molecule has 1 aromatic carbocycles. The Labute approximate surface area is 156 Å². The molecule has 0 atom stereocenters. The molecule has 1 rings (SSSR count). The van der Waals surface area contributed by atoms with Crippen LogP contribution in [0.5, 0.6) is 5.75 Å². The van der Waals surface area contributed by atoms with Gasteiger partial charge in [-0.3, -0.25) is 0 Å². The lowest BCUT2D eigenvalue weighted by Gasteiger charge is -2.33.